The largest absolute Gasteiger partial charge is 0.368 e. The van der Waals surface area contributed by atoms with E-state index in [0.717, 1.165) is 38.9 Å². The molecule has 0 aromatic heterocycles. The van der Waals surface area contributed by atoms with E-state index in [4.69, 9.17) is 5.73 Å². The molecule has 1 amide bonds. The first kappa shape index (κ1) is 13.6. The lowest BCUT2D eigenvalue weighted by atomic mass is 9.90. The maximum absolute atomic E-state index is 12.0. The van der Waals surface area contributed by atoms with Crippen molar-refractivity contribution < 1.29 is 4.79 Å². The van der Waals surface area contributed by atoms with Crippen molar-refractivity contribution in [1.82, 2.24) is 10.2 Å². The Morgan fingerprint density at radius 1 is 1.40 bits per heavy atom. The Labute approximate surface area is 120 Å². The maximum Gasteiger partial charge on any atom is 0.239 e. The molecule has 1 atom stereocenters. The second-order valence-electron chi connectivity index (χ2n) is 6.09. The summed E-state index contributed by atoms with van der Waals surface area (Å²) in [5.74, 6) is 0.198. The van der Waals surface area contributed by atoms with Crippen LogP contribution in [0, 0.1) is 5.92 Å². The lowest BCUT2D eigenvalue weighted by Gasteiger charge is -2.38. The molecule has 1 aromatic rings. The molecular formula is C16H23N3O. The predicted molar refractivity (Wildman–Crippen MR) is 79.1 cm³/mol. The summed E-state index contributed by atoms with van der Waals surface area (Å²) < 4.78 is 0. The molecule has 1 heterocycles. The number of hydrogen-bond donors (Lipinski definition) is 2. The minimum absolute atomic E-state index is 0.207. The molecule has 0 bridgehead atoms. The van der Waals surface area contributed by atoms with Gasteiger partial charge < -0.3 is 11.1 Å². The van der Waals surface area contributed by atoms with Crippen molar-refractivity contribution in [3.63, 3.8) is 0 Å². The zero-order chi connectivity index (χ0) is 14.2. The number of rotatable bonds is 5. The molecule has 4 heteroatoms. The number of nitrogens with zero attached hydrogens (tertiary/aromatic N) is 1. The molecule has 20 heavy (non-hydrogen) atoms. The van der Waals surface area contributed by atoms with Crippen molar-refractivity contribution in [2.45, 2.75) is 31.3 Å². The Bertz CT molecular complexity index is 512. The smallest absolute Gasteiger partial charge is 0.239 e. The number of primary amides is 1. The molecule has 0 spiro atoms. The van der Waals surface area contributed by atoms with Crippen molar-refractivity contribution in [3.8, 4) is 0 Å². The topological polar surface area (TPSA) is 58.4 Å². The summed E-state index contributed by atoms with van der Waals surface area (Å²) in [6.45, 7) is 2.64. The molecule has 3 rings (SSSR count). The number of fused-ring (bicyclic) bond motifs is 1. The number of likely N-dealkylation sites (N-methyl/N-ethyl adjacent to an activating group) is 1. The fourth-order valence-electron chi connectivity index (χ4n) is 3.43. The molecule has 1 saturated carbocycles. The van der Waals surface area contributed by atoms with Crippen molar-refractivity contribution >= 4 is 5.91 Å². The van der Waals surface area contributed by atoms with Crippen molar-refractivity contribution in [2.24, 2.45) is 11.7 Å². The number of nitrogens with one attached hydrogen (secondary N) is 1. The number of hydrogen-bond acceptors (Lipinski definition) is 3. The van der Waals surface area contributed by atoms with Gasteiger partial charge in [-0.05, 0) is 43.4 Å². The fraction of sp³-hybridized carbons (Fsp3) is 0.562. The van der Waals surface area contributed by atoms with Gasteiger partial charge in [-0.25, -0.2) is 0 Å². The Balaban J connectivity index is 1.76. The van der Waals surface area contributed by atoms with Crippen molar-refractivity contribution in [2.75, 3.05) is 20.1 Å². The molecule has 108 valence electrons. The number of amides is 1. The Morgan fingerprint density at radius 2 is 2.10 bits per heavy atom. The summed E-state index contributed by atoms with van der Waals surface area (Å²) in [6.07, 6.45) is 3.27. The number of carbonyl (C=O) groups is 1. The van der Waals surface area contributed by atoms with Gasteiger partial charge in [-0.3, -0.25) is 9.69 Å². The normalized spacial score (nSPS) is 22.1. The summed E-state index contributed by atoms with van der Waals surface area (Å²) in [6, 6.07) is 8.57. The van der Waals surface area contributed by atoms with Crippen LogP contribution < -0.4 is 11.1 Å². The summed E-state index contributed by atoms with van der Waals surface area (Å²) in [7, 11) is 1.86. The van der Waals surface area contributed by atoms with Crippen LogP contribution in [0.4, 0.5) is 0 Å². The summed E-state index contributed by atoms with van der Waals surface area (Å²) in [4.78, 5) is 14.3. The molecular weight excluding hydrogens is 250 g/mol. The van der Waals surface area contributed by atoms with Crippen LogP contribution >= 0.6 is 0 Å². The predicted octanol–water partition coefficient (Wildman–Crippen LogP) is 0.898. The zero-order valence-corrected chi connectivity index (χ0v) is 12.1. The third-order valence-electron chi connectivity index (χ3n) is 4.84. The Morgan fingerprint density at radius 3 is 2.70 bits per heavy atom. The third-order valence-corrected chi connectivity index (χ3v) is 4.84. The SMILES string of the molecule is CNC(CN1CCc2ccccc2C1)(C(N)=O)C1CC1. The Kier molecular flexibility index (Phi) is 3.52. The van der Waals surface area contributed by atoms with Crippen LogP contribution in [0.5, 0.6) is 0 Å². The highest BCUT2D eigenvalue weighted by molar-refractivity contribution is 5.86. The fourth-order valence-corrected chi connectivity index (χ4v) is 3.43. The number of carbonyl (C=O) groups excluding carboxylic acids is 1. The molecule has 0 saturated heterocycles. The van der Waals surface area contributed by atoms with Gasteiger partial charge in [0.2, 0.25) is 5.91 Å². The van der Waals surface area contributed by atoms with Crippen LogP contribution in [-0.2, 0) is 17.8 Å². The van der Waals surface area contributed by atoms with E-state index in [1.54, 1.807) is 0 Å². The average Bonchev–Trinajstić information content (AvgIpc) is 3.29. The van der Waals surface area contributed by atoms with Gasteiger partial charge in [0.05, 0.1) is 0 Å². The lowest BCUT2D eigenvalue weighted by Crippen LogP contribution is -2.62. The standard InChI is InChI=1S/C16H23N3O/c1-18-16(15(17)20,14-6-7-14)11-19-9-8-12-4-2-3-5-13(12)10-19/h2-5,14,18H,6-11H2,1H3,(H2,17,20). The second-order valence-corrected chi connectivity index (χ2v) is 6.09. The molecule has 1 unspecified atom stereocenters. The van der Waals surface area contributed by atoms with E-state index in [9.17, 15) is 4.79 Å². The number of nitrogens with two attached hydrogens (primary N) is 1. The van der Waals surface area contributed by atoms with Gasteiger partial charge in [0.1, 0.15) is 5.54 Å². The van der Waals surface area contributed by atoms with E-state index >= 15 is 0 Å². The monoisotopic (exact) mass is 273 g/mol. The van der Waals surface area contributed by atoms with E-state index in [0.29, 0.717) is 5.92 Å². The third kappa shape index (κ3) is 2.34. The van der Waals surface area contributed by atoms with E-state index in [1.165, 1.54) is 11.1 Å². The highest BCUT2D eigenvalue weighted by Gasteiger charge is 2.49. The lowest BCUT2D eigenvalue weighted by molar-refractivity contribution is -0.126. The van der Waals surface area contributed by atoms with Gasteiger partial charge in [0.15, 0.2) is 0 Å². The van der Waals surface area contributed by atoms with Crippen molar-refractivity contribution in [3.05, 3.63) is 35.4 Å². The summed E-state index contributed by atoms with van der Waals surface area (Å²) in [5.41, 5.74) is 7.97. The van der Waals surface area contributed by atoms with Crippen LogP contribution in [0.3, 0.4) is 0 Å². The molecule has 1 fully saturated rings. The first-order valence-corrected chi connectivity index (χ1v) is 7.43. The minimum Gasteiger partial charge on any atom is -0.368 e. The molecule has 1 aliphatic carbocycles. The highest BCUT2D eigenvalue weighted by atomic mass is 16.1. The average molecular weight is 273 g/mol. The van der Waals surface area contributed by atoms with Crippen LogP contribution in [-0.4, -0.2) is 36.5 Å². The summed E-state index contributed by atoms with van der Waals surface area (Å²) >= 11 is 0. The van der Waals surface area contributed by atoms with E-state index < -0.39 is 5.54 Å². The molecule has 3 N–H and O–H groups in total. The van der Waals surface area contributed by atoms with Gasteiger partial charge in [-0.15, -0.1) is 0 Å². The number of benzene rings is 1. The van der Waals surface area contributed by atoms with E-state index in [-0.39, 0.29) is 5.91 Å². The quantitative estimate of drug-likeness (QED) is 0.838. The van der Waals surface area contributed by atoms with Crippen LogP contribution in [0.2, 0.25) is 0 Å². The zero-order valence-electron chi connectivity index (χ0n) is 12.1. The van der Waals surface area contributed by atoms with Gasteiger partial charge >= 0.3 is 0 Å². The molecule has 1 aliphatic heterocycles. The molecule has 2 aliphatic rings. The molecule has 1 aromatic carbocycles. The van der Waals surface area contributed by atoms with Crippen LogP contribution in [0.25, 0.3) is 0 Å². The van der Waals surface area contributed by atoms with Crippen LogP contribution in [0.1, 0.15) is 24.0 Å². The first-order valence-electron chi connectivity index (χ1n) is 7.43. The van der Waals surface area contributed by atoms with Crippen LogP contribution in [0.15, 0.2) is 24.3 Å². The minimum atomic E-state index is -0.549. The van der Waals surface area contributed by atoms with E-state index in [1.807, 2.05) is 7.05 Å². The van der Waals surface area contributed by atoms with Gasteiger partial charge in [-0.2, -0.15) is 0 Å². The molecule has 0 radical (unpaired) electrons. The van der Waals surface area contributed by atoms with Gasteiger partial charge in [0, 0.05) is 19.6 Å². The highest BCUT2D eigenvalue weighted by Crippen LogP contribution is 2.40. The first-order chi connectivity index (χ1) is 9.65. The van der Waals surface area contributed by atoms with Gasteiger partial charge in [0.25, 0.3) is 0 Å². The second kappa shape index (κ2) is 5.19. The Hall–Kier alpha value is -1.39. The van der Waals surface area contributed by atoms with Crippen molar-refractivity contribution in [1.29, 1.82) is 0 Å². The summed E-state index contributed by atoms with van der Waals surface area (Å²) in [5, 5.41) is 3.23. The molecule has 4 nitrogen and oxygen atoms in total. The van der Waals surface area contributed by atoms with E-state index in [2.05, 4.69) is 34.5 Å². The van der Waals surface area contributed by atoms with Gasteiger partial charge in [-0.1, -0.05) is 24.3 Å². The maximum atomic E-state index is 12.0.